The predicted molar refractivity (Wildman–Crippen MR) is 81.9 cm³/mol. The van der Waals surface area contributed by atoms with Crippen LogP contribution in [-0.4, -0.2) is 32.1 Å². The third-order valence-electron chi connectivity index (χ3n) is 4.20. The van der Waals surface area contributed by atoms with Crippen molar-refractivity contribution in [1.29, 1.82) is 0 Å². The van der Waals surface area contributed by atoms with Gasteiger partial charge in [0.1, 0.15) is 5.00 Å². The lowest BCUT2D eigenvalue weighted by molar-refractivity contribution is -0.116. The lowest BCUT2D eigenvalue weighted by atomic mass is 10.0. The number of fused-ring (bicyclic) bond motifs is 1. The maximum absolute atomic E-state index is 12.2. The Labute approximate surface area is 128 Å². The van der Waals surface area contributed by atoms with Crippen LogP contribution in [0.4, 0.5) is 5.00 Å². The fraction of sp³-hybridized carbons (Fsp3) is 0.600. The molecule has 114 valence electrons. The van der Waals surface area contributed by atoms with Crippen LogP contribution in [-0.2, 0) is 22.4 Å². The molecule has 0 bridgehead atoms. The van der Waals surface area contributed by atoms with Crippen molar-refractivity contribution < 1.29 is 14.3 Å². The number of thiophene rings is 1. The molecule has 5 nitrogen and oxygen atoms in total. The highest BCUT2D eigenvalue weighted by atomic mass is 32.1. The second kappa shape index (κ2) is 6.15. The molecule has 1 saturated heterocycles. The van der Waals surface area contributed by atoms with Gasteiger partial charge in [0.15, 0.2) is 0 Å². The van der Waals surface area contributed by atoms with Crippen LogP contribution in [0.25, 0.3) is 0 Å². The summed E-state index contributed by atoms with van der Waals surface area (Å²) in [7, 11) is 1.39. The smallest absolute Gasteiger partial charge is 0.341 e. The number of hydrogen-bond acceptors (Lipinski definition) is 5. The van der Waals surface area contributed by atoms with Crippen LogP contribution < -0.4 is 10.6 Å². The number of nitrogens with one attached hydrogen (secondary N) is 2. The van der Waals surface area contributed by atoms with E-state index in [1.807, 2.05) is 0 Å². The number of carbonyl (C=O) groups excluding carboxylic acids is 2. The molecule has 6 heteroatoms. The summed E-state index contributed by atoms with van der Waals surface area (Å²) in [6.45, 7) is 1.89. The molecule has 0 saturated carbocycles. The molecule has 1 aromatic heterocycles. The van der Waals surface area contributed by atoms with Gasteiger partial charge in [-0.15, -0.1) is 11.3 Å². The number of aryl methyl sites for hydroxylation is 1. The van der Waals surface area contributed by atoms with Crippen LogP contribution in [0.2, 0.25) is 0 Å². The van der Waals surface area contributed by atoms with Gasteiger partial charge in [-0.2, -0.15) is 0 Å². The van der Waals surface area contributed by atoms with Crippen molar-refractivity contribution >= 4 is 28.2 Å². The summed E-state index contributed by atoms with van der Waals surface area (Å²) in [6, 6.07) is 0. The number of carbonyl (C=O) groups is 2. The number of hydrogen-bond donors (Lipinski definition) is 2. The Kier molecular flexibility index (Phi) is 4.26. The van der Waals surface area contributed by atoms with E-state index in [-0.39, 0.29) is 11.9 Å². The monoisotopic (exact) mass is 308 g/mol. The van der Waals surface area contributed by atoms with Gasteiger partial charge in [-0.3, -0.25) is 4.79 Å². The number of methoxy groups -OCH3 is 1. The zero-order valence-electron chi connectivity index (χ0n) is 12.2. The fourth-order valence-corrected chi connectivity index (χ4v) is 4.43. The highest BCUT2D eigenvalue weighted by Crippen LogP contribution is 2.39. The second-order valence-electron chi connectivity index (χ2n) is 5.66. The van der Waals surface area contributed by atoms with Crippen molar-refractivity contribution in [3.63, 3.8) is 0 Å². The molecule has 3 rings (SSSR count). The summed E-state index contributed by atoms with van der Waals surface area (Å²) in [4.78, 5) is 25.4. The van der Waals surface area contributed by atoms with Gasteiger partial charge in [-0.1, -0.05) is 0 Å². The fourth-order valence-electron chi connectivity index (χ4n) is 3.14. The molecular formula is C15H20N2O3S. The zero-order valence-corrected chi connectivity index (χ0v) is 13.0. The Morgan fingerprint density at radius 3 is 3.00 bits per heavy atom. The molecule has 0 aromatic carbocycles. The maximum Gasteiger partial charge on any atom is 0.341 e. The van der Waals surface area contributed by atoms with E-state index in [9.17, 15) is 9.59 Å². The first-order chi connectivity index (χ1) is 10.2. The van der Waals surface area contributed by atoms with Crippen LogP contribution in [0.15, 0.2) is 0 Å². The van der Waals surface area contributed by atoms with Crippen LogP contribution >= 0.6 is 11.3 Å². The van der Waals surface area contributed by atoms with Crippen molar-refractivity contribution in [2.75, 3.05) is 25.5 Å². The van der Waals surface area contributed by atoms with E-state index in [1.54, 1.807) is 0 Å². The Morgan fingerprint density at radius 2 is 2.29 bits per heavy atom. The topological polar surface area (TPSA) is 67.4 Å². The van der Waals surface area contributed by atoms with E-state index >= 15 is 0 Å². The van der Waals surface area contributed by atoms with Crippen molar-refractivity contribution in [2.24, 2.45) is 5.92 Å². The van der Waals surface area contributed by atoms with E-state index in [1.165, 1.54) is 23.3 Å². The van der Waals surface area contributed by atoms with Gasteiger partial charge in [0.2, 0.25) is 5.91 Å². The Bertz CT molecular complexity index is 562. The molecule has 2 N–H and O–H groups in total. The summed E-state index contributed by atoms with van der Waals surface area (Å²) in [5.41, 5.74) is 1.65. The highest BCUT2D eigenvalue weighted by molar-refractivity contribution is 7.17. The molecule has 1 unspecified atom stereocenters. The molecule has 21 heavy (non-hydrogen) atoms. The number of amides is 1. The molecule has 2 heterocycles. The van der Waals surface area contributed by atoms with Gasteiger partial charge in [0, 0.05) is 11.3 Å². The largest absolute Gasteiger partial charge is 0.465 e. The molecule has 1 fully saturated rings. The van der Waals surface area contributed by atoms with E-state index in [4.69, 9.17) is 4.74 Å². The molecule has 1 aromatic rings. The van der Waals surface area contributed by atoms with Gasteiger partial charge >= 0.3 is 5.97 Å². The standard InChI is InChI=1S/C15H20N2O3S/c1-20-15(19)13-10-3-2-4-11(10)21-14(13)17-12(18)7-9-5-6-16-8-9/h9,16H,2-8H2,1H3,(H,17,18). The second-order valence-corrected chi connectivity index (χ2v) is 6.77. The van der Waals surface area contributed by atoms with Crippen LogP contribution in [0, 0.1) is 5.92 Å². The van der Waals surface area contributed by atoms with Gasteiger partial charge in [-0.25, -0.2) is 4.79 Å². The Morgan fingerprint density at radius 1 is 1.43 bits per heavy atom. The van der Waals surface area contributed by atoms with Crippen molar-refractivity contribution in [1.82, 2.24) is 5.32 Å². The van der Waals surface area contributed by atoms with E-state index in [2.05, 4.69) is 10.6 Å². The molecule has 1 aliphatic carbocycles. The number of rotatable bonds is 4. The first kappa shape index (κ1) is 14.5. The Hall–Kier alpha value is -1.40. The Balaban J connectivity index is 1.75. The number of ether oxygens (including phenoxy) is 1. The quantitative estimate of drug-likeness (QED) is 0.835. The molecular weight excluding hydrogens is 288 g/mol. The van der Waals surface area contributed by atoms with Gasteiger partial charge < -0.3 is 15.4 Å². The minimum Gasteiger partial charge on any atom is -0.465 e. The highest BCUT2D eigenvalue weighted by Gasteiger charge is 2.28. The summed E-state index contributed by atoms with van der Waals surface area (Å²) in [5, 5.41) is 6.86. The lowest BCUT2D eigenvalue weighted by Gasteiger charge is -2.09. The van der Waals surface area contributed by atoms with Crippen LogP contribution in [0.1, 0.15) is 40.1 Å². The first-order valence-corrected chi connectivity index (χ1v) is 8.24. The number of esters is 1. The van der Waals surface area contributed by atoms with Crippen molar-refractivity contribution in [3.8, 4) is 0 Å². The van der Waals surface area contributed by atoms with Crippen molar-refractivity contribution in [2.45, 2.75) is 32.1 Å². The van der Waals surface area contributed by atoms with Crippen LogP contribution in [0.3, 0.4) is 0 Å². The molecule has 1 aliphatic heterocycles. The van der Waals surface area contributed by atoms with E-state index in [0.29, 0.717) is 22.9 Å². The summed E-state index contributed by atoms with van der Waals surface area (Å²) < 4.78 is 4.88. The van der Waals surface area contributed by atoms with Gasteiger partial charge in [0.25, 0.3) is 0 Å². The summed E-state index contributed by atoms with van der Waals surface area (Å²) in [5.74, 6) is 0.0550. The molecule has 0 radical (unpaired) electrons. The van der Waals surface area contributed by atoms with Gasteiger partial charge in [-0.05, 0) is 50.3 Å². The van der Waals surface area contributed by atoms with Crippen molar-refractivity contribution in [3.05, 3.63) is 16.0 Å². The van der Waals surface area contributed by atoms with Gasteiger partial charge in [0.05, 0.1) is 12.7 Å². The average Bonchev–Trinajstić information content (AvgIpc) is 3.14. The predicted octanol–water partition coefficient (Wildman–Crippen LogP) is 1.96. The van der Waals surface area contributed by atoms with E-state index in [0.717, 1.165) is 44.3 Å². The van der Waals surface area contributed by atoms with E-state index < -0.39 is 0 Å². The minimum absolute atomic E-state index is 0.00576. The SMILES string of the molecule is COC(=O)c1c(NC(=O)CC2CCNC2)sc2c1CCC2. The minimum atomic E-state index is -0.341. The lowest BCUT2D eigenvalue weighted by Crippen LogP contribution is -2.19. The third-order valence-corrected chi connectivity index (χ3v) is 5.41. The summed E-state index contributed by atoms with van der Waals surface area (Å²) in [6.07, 6.45) is 4.52. The third kappa shape index (κ3) is 2.96. The normalized spacial score (nSPS) is 20.3. The number of anilines is 1. The summed E-state index contributed by atoms with van der Waals surface area (Å²) >= 11 is 1.53. The zero-order chi connectivity index (χ0) is 14.8. The molecule has 1 atom stereocenters. The molecule has 1 amide bonds. The maximum atomic E-state index is 12.2. The first-order valence-electron chi connectivity index (χ1n) is 7.42. The molecule has 0 spiro atoms. The van der Waals surface area contributed by atoms with Crippen LogP contribution in [0.5, 0.6) is 0 Å². The molecule has 2 aliphatic rings. The average molecular weight is 308 g/mol.